The number of ether oxygens (including phenoxy) is 2. The average molecular weight is 477 g/mol. The number of carbonyl (C=O) groups excluding carboxylic acids is 3. The fraction of sp³-hybridized carbons (Fsp3) is 0.348. The predicted octanol–water partition coefficient (Wildman–Crippen LogP) is 2.72. The molecular weight excluding hydrogens is 448 g/mol. The van der Waals surface area contributed by atoms with Gasteiger partial charge in [0.25, 0.3) is 15.9 Å². The SMILES string of the molecule is CCOC(=O)CCCNC(=O)COC(=O)c1ccc(C)c(S(=O)(=O)Nc2ccc(C)cc2)c1. The standard InChI is InChI=1S/C23H28N2O7S/c1-4-31-22(27)6-5-13-24-21(26)15-32-23(28)18-10-9-17(3)20(14-18)33(29,30)25-19-11-7-16(2)8-12-19/h7-12,14,25H,4-6,13,15H2,1-3H3,(H,24,26). The van der Waals surface area contributed by atoms with Crippen molar-refractivity contribution < 1.29 is 32.3 Å². The van der Waals surface area contributed by atoms with E-state index in [9.17, 15) is 22.8 Å². The van der Waals surface area contributed by atoms with E-state index in [0.29, 0.717) is 24.3 Å². The Kier molecular flexibility index (Phi) is 9.41. The van der Waals surface area contributed by atoms with Gasteiger partial charge in [0.05, 0.1) is 17.1 Å². The summed E-state index contributed by atoms with van der Waals surface area (Å²) in [6.07, 6.45) is 0.566. The lowest BCUT2D eigenvalue weighted by Crippen LogP contribution is -2.30. The van der Waals surface area contributed by atoms with Crippen molar-refractivity contribution in [2.45, 2.75) is 38.5 Å². The summed E-state index contributed by atoms with van der Waals surface area (Å²) in [7, 11) is -3.95. The molecular formula is C23H28N2O7S. The summed E-state index contributed by atoms with van der Waals surface area (Å²) in [4.78, 5) is 35.4. The molecule has 33 heavy (non-hydrogen) atoms. The van der Waals surface area contributed by atoms with Crippen LogP contribution in [0.1, 0.15) is 41.3 Å². The second-order valence-electron chi connectivity index (χ2n) is 7.29. The minimum Gasteiger partial charge on any atom is -0.466 e. The van der Waals surface area contributed by atoms with Gasteiger partial charge in [-0.3, -0.25) is 14.3 Å². The van der Waals surface area contributed by atoms with Crippen LogP contribution in [0.2, 0.25) is 0 Å². The van der Waals surface area contributed by atoms with Gasteiger partial charge >= 0.3 is 11.9 Å². The molecule has 178 valence electrons. The lowest BCUT2D eigenvalue weighted by molar-refractivity contribution is -0.143. The first-order valence-electron chi connectivity index (χ1n) is 10.4. The fourth-order valence-corrected chi connectivity index (χ4v) is 4.14. The molecule has 0 heterocycles. The number of sulfonamides is 1. The molecule has 0 bridgehead atoms. The monoisotopic (exact) mass is 476 g/mol. The van der Waals surface area contributed by atoms with Gasteiger partial charge in [-0.1, -0.05) is 23.8 Å². The van der Waals surface area contributed by atoms with Crippen molar-refractivity contribution in [1.29, 1.82) is 0 Å². The highest BCUT2D eigenvalue weighted by atomic mass is 32.2. The maximum atomic E-state index is 12.8. The molecule has 0 atom stereocenters. The largest absolute Gasteiger partial charge is 0.466 e. The molecule has 0 radical (unpaired) electrons. The van der Waals surface area contributed by atoms with Gasteiger partial charge in [0.2, 0.25) is 0 Å². The van der Waals surface area contributed by atoms with Crippen LogP contribution in [-0.4, -0.2) is 46.0 Å². The van der Waals surface area contributed by atoms with Gasteiger partial charge in [0, 0.05) is 18.7 Å². The van der Waals surface area contributed by atoms with Gasteiger partial charge < -0.3 is 14.8 Å². The number of rotatable bonds is 11. The third-order valence-electron chi connectivity index (χ3n) is 4.54. The van der Waals surface area contributed by atoms with E-state index in [1.165, 1.54) is 18.2 Å². The van der Waals surface area contributed by atoms with Crippen molar-refractivity contribution in [1.82, 2.24) is 5.32 Å². The number of benzene rings is 2. The Labute approximate surface area is 193 Å². The minimum absolute atomic E-state index is 0.00000723. The Morgan fingerprint density at radius 3 is 2.33 bits per heavy atom. The highest BCUT2D eigenvalue weighted by Crippen LogP contribution is 2.21. The topological polar surface area (TPSA) is 128 Å². The summed E-state index contributed by atoms with van der Waals surface area (Å²) in [5.41, 5.74) is 1.83. The summed E-state index contributed by atoms with van der Waals surface area (Å²) in [6.45, 7) is 5.21. The van der Waals surface area contributed by atoms with Crippen molar-refractivity contribution in [2.75, 3.05) is 24.5 Å². The van der Waals surface area contributed by atoms with Crippen molar-refractivity contribution in [3.8, 4) is 0 Å². The van der Waals surface area contributed by atoms with Crippen LogP contribution in [0.4, 0.5) is 5.69 Å². The van der Waals surface area contributed by atoms with E-state index < -0.39 is 28.5 Å². The first kappa shape index (κ1) is 25.9. The summed E-state index contributed by atoms with van der Waals surface area (Å²) < 4.78 is 37.9. The Morgan fingerprint density at radius 1 is 0.970 bits per heavy atom. The summed E-state index contributed by atoms with van der Waals surface area (Å²) in [6, 6.07) is 11.0. The molecule has 0 saturated heterocycles. The average Bonchev–Trinajstić information content (AvgIpc) is 2.77. The molecule has 0 saturated carbocycles. The second-order valence-corrected chi connectivity index (χ2v) is 8.94. The van der Waals surface area contributed by atoms with Crippen LogP contribution in [0.3, 0.4) is 0 Å². The van der Waals surface area contributed by atoms with Crippen LogP contribution in [0.15, 0.2) is 47.4 Å². The van der Waals surface area contributed by atoms with Crippen molar-refractivity contribution in [3.05, 3.63) is 59.2 Å². The number of aryl methyl sites for hydroxylation is 2. The van der Waals surface area contributed by atoms with Gasteiger partial charge in [0.15, 0.2) is 6.61 Å². The molecule has 10 heteroatoms. The number of anilines is 1. The molecule has 0 aliphatic carbocycles. The van der Waals surface area contributed by atoms with Crippen LogP contribution in [0.25, 0.3) is 0 Å². The smallest absolute Gasteiger partial charge is 0.338 e. The Hall–Kier alpha value is -3.40. The highest BCUT2D eigenvalue weighted by molar-refractivity contribution is 7.92. The lowest BCUT2D eigenvalue weighted by Gasteiger charge is -2.12. The number of esters is 2. The third kappa shape index (κ3) is 8.23. The first-order chi connectivity index (χ1) is 15.6. The molecule has 0 unspecified atom stereocenters. The van der Waals surface area contributed by atoms with E-state index in [4.69, 9.17) is 9.47 Å². The van der Waals surface area contributed by atoms with E-state index in [-0.39, 0.29) is 29.4 Å². The number of amides is 1. The van der Waals surface area contributed by atoms with Crippen LogP contribution >= 0.6 is 0 Å². The molecule has 0 spiro atoms. The van der Waals surface area contributed by atoms with Crippen molar-refractivity contribution >= 4 is 33.6 Å². The fourth-order valence-electron chi connectivity index (χ4n) is 2.81. The van der Waals surface area contributed by atoms with Crippen LogP contribution in [0.5, 0.6) is 0 Å². The Balaban J connectivity index is 1.94. The quantitative estimate of drug-likeness (QED) is 0.377. The van der Waals surface area contributed by atoms with E-state index in [2.05, 4.69) is 10.0 Å². The van der Waals surface area contributed by atoms with Crippen molar-refractivity contribution in [3.63, 3.8) is 0 Å². The van der Waals surface area contributed by atoms with Crippen LogP contribution < -0.4 is 10.0 Å². The predicted molar refractivity (Wildman–Crippen MR) is 122 cm³/mol. The molecule has 0 fully saturated rings. The third-order valence-corrected chi connectivity index (χ3v) is 6.06. The number of carbonyl (C=O) groups is 3. The highest BCUT2D eigenvalue weighted by Gasteiger charge is 2.20. The minimum atomic E-state index is -3.95. The summed E-state index contributed by atoms with van der Waals surface area (Å²) >= 11 is 0. The zero-order chi connectivity index (χ0) is 24.4. The van der Waals surface area contributed by atoms with Gasteiger partial charge in [0.1, 0.15) is 0 Å². The molecule has 9 nitrogen and oxygen atoms in total. The van der Waals surface area contributed by atoms with Crippen LogP contribution in [-0.2, 0) is 29.1 Å². The number of hydrogen-bond donors (Lipinski definition) is 2. The second kappa shape index (κ2) is 12.0. The van der Waals surface area contributed by atoms with Gasteiger partial charge in [-0.05, 0) is 57.0 Å². The van der Waals surface area contributed by atoms with Gasteiger partial charge in [-0.15, -0.1) is 0 Å². The molecule has 2 rings (SSSR count). The zero-order valence-electron chi connectivity index (χ0n) is 18.8. The van der Waals surface area contributed by atoms with E-state index in [0.717, 1.165) is 5.56 Å². The van der Waals surface area contributed by atoms with Gasteiger partial charge in [-0.2, -0.15) is 0 Å². The molecule has 0 aliphatic heterocycles. The van der Waals surface area contributed by atoms with E-state index >= 15 is 0 Å². The Morgan fingerprint density at radius 2 is 1.67 bits per heavy atom. The molecule has 1 amide bonds. The molecule has 2 N–H and O–H groups in total. The van der Waals surface area contributed by atoms with Crippen LogP contribution in [0, 0.1) is 13.8 Å². The van der Waals surface area contributed by atoms with Crippen molar-refractivity contribution in [2.24, 2.45) is 0 Å². The zero-order valence-corrected chi connectivity index (χ0v) is 19.7. The number of hydrogen-bond acceptors (Lipinski definition) is 7. The summed E-state index contributed by atoms with van der Waals surface area (Å²) in [5, 5.41) is 2.53. The summed E-state index contributed by atoms with van der Waals surface area (Å²) in [5.74, 6) is -1.71. The Bertz CT molecular complexity index is 1100. The molecule has 2 aromatic carbocycles. The molecule has 2 aromatic rings. The van der Waals surface area contributed by atoms with Gasteiger partial charge in [-0.25, -0.2) is 13.2 Å². The van der Waals surface area contributed by atoms with E-state index in [1.54, 1.807) is 38.1 Å². The maximum absolute atomic E-state index is 12.8. The molecule has 0 aliphatic rings. The molecule has 0 aromatic heterocycles. The number of nitrogens with one attached hydrogen (secondary N) is 2. The van der Waals surface area contributed by atoms with E-state index in [1.807, 2.05) is 6.92 Å². The lowest BCUT2D eigenvalue weighted by atomic mass is 10.1. The maximum Gasteiger partial charge on any atom is 0.338 e. The normalized spacial score (nSPS) is 10.9. The first-order valence-corrected chi connectivity index (χ1v) is 11.9.